The minimum Gasteiger partial charge on any atom is -0.431 e. The number of halogens is 1. The SMILES string of the molecule is CC(=O)N1C[C@@H]2C[C@H]1CN2Cc1ccc(Oc2nc3ncc(F)cc3s2)cc1. The summed E-state index contributed by atoms with van der Waals surface area (Å²) in [6.45, 7) is 4.31. The van der Waals surface area contributed by atoms with E-state index in [4.69, 9.17) is 4.74 Å². The minimum atomic E-state index is -0.380. The van der Waals surface area contributed by atoms with Gasteiger partial charge in [0, 0.05) is 38.6 Å². The third-order valence-electron chi connectivity index (χ3n) is 5.47. The molecule has 2 saturated heterocycles. The summed E-state index contributed by atoms with van der Waals surface area (Å²) < 4.78 is 19.7. The van der Waals surface area contributed by atoms with E-state index in [1.54, 1.807) is 6.92 Å². The molecule has 3 aromatic rings. The lowest BCUT2D eigenvalue weighted by molar-refractivity contribution is -0.131. The van der Waals surface area contributed by atoms with E-state index in [0.29, 0.717) is 33.4 Å². The first-order chi connectivity index (χ1) is 13.5. The number of benzene rings is 1. The first-order valence-electron chi connectivity index (χ1n) is 9.25. The van der Waals surface area contributed by atoms with Gasteiger partial charge in [0.1, 0.15) is 11.6 Å². The van der Waals surface area contributed by atoms with Gasteiger partial charge in [0.15, 0.2) is 5.65 Å². The average Bonchev–Trinajstić information content (AvgIpc) is 3.36. The highest BCUT2D eigenvalue weighted by atomic mass is 32.1. The first kappa shape index (κ1) is 17.5. The Kier molecular flexibility index (Phi) is 4.25. The van der Waals surface area contributed by atoms with E-state index >= 15 is 0 Å². The molecule has 2 bridgehead atoms. The van der Waals surface area contributed by atoms with Crippen molar-refractivity contribution >= 4 is 27.6 Å². The van der Waals surface area contributed by atoms with E-state index in [1.165, 1.54) is 23.0 Å². The second kappa shape index (κ2) is 6.79. The van der Waals surface area contributed by atoms with Gasteiger partial charge < -0.3 is 9.64 Å². The normalized spacial score (nSPS) is 21.6. The molecule has 0 saturated carbocycles. The molecule has 2 fully saturated rings. The molecule has 6 nitrogen and oxygen atoms in total. The molecule has 8 heteroatoms. The van der Waals surface area contributed by atoms with Gasteiger partial charge >= 0.3 is 0 Å². The number of carbonyl (C=O) groups excluding carboxylic acids is 1. The second-order valence-corrected chi connectivity index (χ2v) is 8.34. The van der Waals surface area contributed by atoms with Gasteiger partial charge in [-0.1, -0.05) is 23.5 Å². The number of hydrogen-bond donors (Lipinski definition) is 0. The maximum Gasteiger partial charge on any atom is 0.281 e. The number of likely N-dealkylation sites (tertiary alicyclic amines) is 2. The van der Waals surface area contributed by atoms with Crippen LogP contribution in [0, 0.1) is 5.82 Å². The maximum atomic E-state index is 13.3. The lowest BCUT2D eigenvalue weighted by Gasteiger charge is -2.33. The predicted molar refractivity (Wildman–Crippen MR) is 104 cm³/mol. The number of ether oxygens (including phenoxy) is 1. The lowest BCUT2D eigenvalue weighted by atomic mass is 10.2. The summed E-state index contributed by atoms with van der Waals surface area (Å²) in [5.41, 5.74) is 1.70. The second-order valence-electron chi connectivity index (χ2n) is 7.35. The van der Waals surface area contributed by atoms with Crippen molar-refractivity contribution < 1.29 is 13.9 Å². The van der Waals surface area contributed by atoms with Crippen LogP contribution in [0.1, 0.15) is 18.9 Å². The fraction of sp³-hybridized carbons (Fsp3) is 0.350. The Morgan fingerprint density at radius 2 is 2.11 bits per heavy atom. The number of nitrogens with zero attached hydrogens (tertiary/aromatic N) is 4. The van der Waals surface area contributed by atoms with Crippen LogP contribution in [-0.4, -0.2) is 50.8 Å². The third-order valence-corrected chi connectivity index (χ3v) is 6.34. The smallest absolute Gasteiger partial charge is 0.281 e. The zero-order chi connectivity index (χ0) is 19.3. The number of amides is 1. The van der Waals surface area contributed by atoms with Crippen LogP contribution in [-0.2, 0) is 11.3 Å². The van der Waals surface area contributed by atoms with E-state index < -0.39 is 0 Å². The highest BCUT2D eigenvalue weighted by molar-refractivity contribution is 7.20. The Labute approximate surface area is 165 Å². The van der Waals surface area contributed by atoms with Crippen molar-refractivity contribution in [1.29, 1.82) is 0 Å². The van der Waals surface area contributed by atoms with Crippen LogP contribution in [0.3, 0.4) is 0 Å². The van der Waals surface area contributed by atoms with Gasteiger partial charge in [-0.2, -0.15) is 4.98 Å². The van der Waals surface area contributed by atoms with Crippen LogP contribution in [0.4, 0.5) is 4.39 Å². The zero-order valence-corrected chi connectivity index (χ0v) is 16.2. The molecule has 0 spiro atoms. The quantitative estimate of drug-likeness (QED) is 0.674. The molecule has 2 aromatic heterocycles. The van der Waals surface area contributed by atoms with Crippen LogP contribution in [0.25, 0.3) is 10.3 Å². The molecule has 2 aliphatic heterocycles. The van der Waals surface area contributed by atoms with Crippen molar-refractivity contribution in [2.24, 2.45) is 0 Å². The van der Waals surface area contributed by atoms with Gasteiger partial charge in [-0.05, 0) is 30.2 Å². The molecule has 4 heterocycles. The Morgan fingerprint density at radius 3 is 2.82 bits per heavy atom. The van der Waals surface area contributed by atoms with Gasteiger partial charge in [0.25, 0.3) is 5.19 Å². The third kappa shape index (κ3) is 3.22. The van der Waals surface area contributed by atoms with Gasteiger partial charge in [-0.15, -0.1) is 0 Å². The number of thiazole rings is 1. The number of rotatable bonds is 4. The highest BCUT2D eigenvalue weighted by Gasteiger charge is 2.43. The van der Waals surface area contributed by atoms with Crippen molar-refractivity contribution in [3.8, 4) is 10.9 Å². The van der Waals surface area contributed by atoms with Crippen molar-refractivity contribution in [2.75, 3.05) is 13.1 Å². The van der Waals surface area contributed by atoms with Gasteiger partial charge in [-0.3, -0.25) is 9.69 Å². The number of hydrogen-bond acceptors (Lipinski definition) is 6. The summed E-state index contributed by atoms with van der Waals surface area (Å²) in [6, 6.07) is 10.2. The van der Waals surface area contributed by atoms with E-state index in [0.717, 1.165) is 32.3 Å². The number of aromatic nitrogens is 2. The number of piperazine rings is 1. The summed E-state index contributed by atoms with van der Waals surface area (Å²) in [7, 11) is 0. The Bertz CT molecular complexity index is 1040. The van der Waals surface area contributed by atoms with Gasteiger partial charge in [0.05, 0.1) is 10.9 Å². The van der Waals surface area contributed by atoms with Crippen molar-refractivity contribution in [2.45, 2.75) is 32.0 Å². The standard InChI is InChI=1S/C20H19FN4O2S/c1-12(26)25-11-15-7-16(25)10-24(15)9-13-2-4-17(5-3-13)27-20-23-19-18(28-20)6-14(21)8-22-19/h2-6,8,15-16H,7,9-11H2,1H3/t15-,16-/m0/s1. The van der Waals surface area contributed by atoms with Crippen LogP contribution >= 0.6 is 11.3 Å². The average molecular weight is 398 g/mol. The highest BCUT2D eigenvalue weighted by Crippen LogP contribution is 2.33. The fourth-order valence-electron chi connectivity index (χ4n) is 4.15. The molecule has 0 N–H and O–H groups in total. The number of fused-ring (bicyclic) bond motifs is 3. The molecular weight excluding hydrogens is 379 g/mol. The lowest BCUT2D eigenvalue weighted by Crippen LogP contribution is -2.47. The van der Waals surface area contributed by atoms with Gasteiger partial charge in [-0.25, -0.2) is 9.37 Å². The Morgan fingerprint density at radius 1 is 1.29 bits per heavy atom. The summed E-state index contributed by atoms with van der Waals surface area (Å²) in [6.07, 6.45) is 2.23. The van der Waals surface area contributed by atoms with E-state index in [9.17, 15) is 9.18 Å². The zero-order valence-electron chi connectivity index (χ0n) is 15.3. The molecule has 0 radical (unpaired) electrons. The molecule has 28 heavy (non-hydrogen) atoms. The van der Waals surface area contributed by atoms with Crippen LogP contribution in [0.15, 0.2) is 36.5 Å². The van der Waals surface area contributed by atoms with Crippen molar-refractivity contribution in [3.05, 3.63) is 47.9 Å². The summed E-state index contributed by atoms with van der Waals surface area (Å²) in [5.74, 6) is 0.490. The first-order valence-corrected chi connectivity index (χ1v) is 10.1. The van der Waals surface area contributed by atoms with Crippen LogP contribution in [0.2, 0.25) is 0 Å². The van der Waals surface area contributed by atoms with Gasteiger partial charge in [0.2, 0.25) is 5.91 Å². The molecule has 2 atom stereocenters. The maximum absolute atomic E-state index is 13.3. The van der Waals surface area contributed by atoms with Crippen molar-refractivity contribution in [1.82, 2.24) is 19.8 Å². The van der Waals surface area contributed by atoms with E-state index in [2.05, 4.69) is 27.0 Å². The monoisotopic (exact) mass is 398 g/mol. The summed E-state index contributed by atoms with van der Waals surface area (Å²) in [4.78, 5) is 24.3. The molecular formula is C20H19FN4O2S. The molecule has 144 valence electrons. The predicted octanol–water partition coefficient (Wildman–Crippen LogP) is 3.43. The summed E-state index contributed by atoms with van der Waals surface area (Å²) >= 11 is 1.27. The Hall–Kier alpha value is -2.58. The molecule has 0 aliphatic carbocycles. The molecule has 1 aromatic carbocycles. The van der Waals surface area contributed by atoms with Crippen molar-refractivity contribution in [3.63, 3.8) is 0 Å². The largest absolute Gasteiger partial charge is 0.431 e. The summed E-state index contributed by atoms with van der Waals surface area (Å²) in [5, 5.41) is 0.446. The van der Waals surface area contributed by atoms with Crippen LogP contribution < -0.4 is 4.74 Å². The van der Waals surface area contributed by atoms with Crippen LogP contribution in [0.5, 0.6) is 10.9 Å². The topological polar surface area (TPSA) is 58.6 Å². The molecule has 5 rings (SSSR count). The van der Waals surface area contributed by atoms with E-state index in [1.807, 2.05) is 17.0 Å². The fourth-order valence-corrected chi connectivity index (χ4v) is 4.97. The molecule has 0 unspecified atom stereocenters. The number of carbonyl (C=O) groups is 1. The number of pyridine rings is 1. The Balaban J connectivity index is 1.23. The minimum absolute atomic E-state index is 0.182. The molecule has 2 aliphatic rings. The molecule has 1 amide bonds. The van der Waals surface area contributed by atoms with E-state index in [-0.39, 0.29) is 11.7 Å².